The van der Waals surface area contributed by atoms with Crippen LogP contribution in [0.2, 0.25) is 0 Å². The lowest BCUT2D eigenvalue weighted by Crippen LogP contribution is -2.35. The van der Waals surface area contributed by atoms with Crippen LogP contribution in [0.3, 0.4) is 0 Å². The van der Waals surface area contributed by atoms with Crippen molar-refractivity contribution in [2.24, 2.45) is 5.92 Å². The number of hydrogen-bond donors (Lipinski definition) is 1. The van der Waals surface area contributed by atoms with Crippen LogP contribution in [-0.2, 0) is 0 Å². The van der Waals surface area contributed by atoms with Crippen molar-refractivity contribution in [3.8, 4) is 0 Å². The van der Waals surface area contributed by atoms with Crippen molar-refractivity contribution in [3.05, 3.63) is 0 Å². The molecule has 1 saturated heterocycles. The Morgan fingerprint density at radius 1 is 1.36 bits per heavy atom. The first kappa shape index (κ1) is 11.0. The van der Waals surface area contributed by atoms with Gasteiger partial charge in [-0.3, -0.25) is 0 Å². The van der Waals surface area contributed by atoms with Crippen LogP contribution in [0.1, 0.15) is 47.0 Å². The maximum atomic E-state index is 3.45. The second-order valence-electron chi connectivity index (χ2n) is 3.15. The van der Waals surface area contributed by atoms with Crippen molar-refractivity contribution < 1.29 is 0 Å². The van der Waals surface area contributed by atoms with Crippen LogP contribution >= 0.6 is 0 Å². The molecular weight excluding hydrogens is 134 g/mol. The third kappa shape index (κ3) is 4.41. The number of rotatable bonds is 1. The molecule has 1 aliphatic rings. The SMILES string of the molecule is CC.CC[C@@H]1CCN[C@H](C)C1. The highest BCUT2D eigenvalue weighted by atomic mass is 14.9. The quantitative estimate of drug-likeness (QED) is 0.617. The summed E-state index contributed by atoms with van der Waals surface area (Å²) in [6.45, 7) is 9.81. The van der Waals surface area contributed by atoms with Crippen LogP contribution < -0.4 is 5.32 Å². The molecule has 1 aliphatic heterocycles. The van der Waals surface area contributed by atoms with E-state index in [9.17, 15) is 0 Å². The zero-order chi connectivity index (χ0) is 8.69. The van der Waals surface area contributed by atoms with Gasteiger partial charge in [-0.2, -0.15) is 0 Å². The topological polar surface area (TPSA) is 12.0 Å². The highest BCUT2D eigenvalue weighted by molar-refractivity contribution is 4.73. The van der Waals surface area contributed by atoms with Gasteiger partial charge in [-0.25, -0.2) is 0 Å². The summed E-state index contributed by atoms with van der Waals surface area (Å²) >= 11 is 0. The van der Waals surface area contributed by atoms with Crippen molar-refractivity contribution in [2.75, 3.05) is 6.54 Å². The molecule has 1 N–H and O–H groups in total. The molecule has 1 rings (SSSR count). The van der Waals surface area contributed by atoms with E-state index in [-0.39, 0.29) is 0 Å². The fourth-order valence-corrected chi connectivity index (χ4v) is 1.61. The molecule has 0 bridgehead atoms. The molecule has 0 aliphatic carbocycles. The summed E-state index contributed by atoms with van der Waals surface area (Å²) < 4.78 is 0. The molecule has 0 aromatic rings. The molecule has 0 saturated carbocycles. The molecule has 11 heavy (non-hydrogen) atoms. The maximum absolute atomic E-state index is 3.45. The predicted molar refractivity (Wildman–Crippen MR) is 51.8 cm³/mol. The van der Waals surface area contributed by atoms with Crippen LogP contribution in [0, 0.1) is 5.92 Å². The van der Waals surface area contributed by atoms with Crippen molar-refractivity contribution in [1.82, 2.24) is 5.32 Å². The normalized spacial score (nSPS) is 30.5. The Balaban J connectivity index is 0.000000461. The molecule has 1 heterocycles. The van der Waals surface area contributed by atoms with Crippen LogP contribution in [0.4, 0.5) is 0 Å². The molecule has 0 aromatic heterocycles. The van der Waals surface area contributed by atoms with Crippen molar-refractivity contribution >= 4 is 0 Å². The first-order chi connectivity index (χ1) is 5.33. The Bertz CT molecular complexity index is 80.9. The fourth-order valence-electron chi connectivity index (χ4n) is 1.61. The fraction of sp³-hybridized carbons (Fsp3) is 1.00. The summed E-state index contributed by atoms with van der Waals surface area (Å²) in [6.07, 6.45) is 4.14. The lowest BCUT2D eigenvalue weighted by Gasteiger charge is -2.26. The number of piperidine rings is 1. The molecule has 0 spiro atoms. The van der Waals surface area contributed by atoms with E-state index in [0.717, 1.165) is 12.0 Å². The molecule has 2 atom stereocenters. The largest absolute Gasteiger partial charge is 0.314 e. The van der Waals surface area contributed by atoms with Crippen LogP contribution in [0.25, 0.3) is 0 Å². The van der Waals surface area contributed by atoms with Gasteiger partial charge in [0.25, 0.3) is 0 Å². The first-order valence-electron chi connectivity index (χ1n) is 5.06. The average molecular weight is 157 g/mol. The Morgan fingerprint density at radius 3 is 2.36 bits per heavy atom. The van der Waals surface area contributed by atoms with Gasteiger partial charge in [0.1, 0.15) is 0 Å². The third-order valence-electron chi connectivity index (χ3n) is 2.31. The Morgan fingerprint density at radius 2 is 2.00 bits per heavy atom. The lowest BCUT2D eigenvalue weighted by molar-refractivity contribution is 0.308. The summed E-state index contributed by atoms with van der Waals surface area (Å²) in [7, 11) is 0. The Hall–Kier alpha value is -0.0400. The molecule has 68 valence electrons. The lowest BCUT2D eigenvalue weighted by atomic mass is 9.91. The van der Waals surface area contributed by atoms with E-state index in [4.69, 9.17) is 0 Å². The van der Waals surface area contributed by atoms with Crippen molar-refractivity contribution in [3.63, 3.8) is 0 Å². The van der Waals surface area contributed by atoms with Gasteiger partial charge in [0.15, 0.2) is 0 Å². The second-order valence-corrected chi connectivity index (χ2v) is 3.15. The molecule has 0 radical (unpaired) electrons. The molecule has 1 nitrogen and oxygen atoms in total. The van der Waals surface area contributed by atoms with Crippen molar-refractivity contribution in [2.45, 2.75) is 53.0 Å². The summed E-state index contributed by atoms with van der Waals surface area (Å²) in [5.74, 6) is 1.00. The molecule has 1 fully saturated rings. The van der Waals surface area contributed by atoms with E-state index in [2.05, 4.69) is 19.2 Å². The van der Waals surface area contributed by atoms with Gasteiger partial charge in [-0.1, -0.05) is 27.2 Å². The van der Waals surface area contributed by atoms with Gasteiger partial charge < -0.3 is 5.32 Å². The molecule has 1 heteroatoms. The van der Waals surface area contributed by atoms with Crippen LogP contribution in [0.15, 0.2) is 0 Å². The van der Waals surface area contributed by atoms with Gasteiger partial charge in [0.05, 0.1) is 0 Å². The van der Waals surface area contributed by atoms with E-state index in [1.165, 1.54) is 25.8 Å². The van der Waals surface area contributed by atoms with Gasteiger partial charge in [-0.15, -0.1) is 0 Å². The molecular formula is C10H23N. The summed E-state index contributed by atoms with van der Waals surface area (Å²) in [5.41, 5.74) is 0. The number of hydrogen-bond acceptors (Lipinski definition) is 1. The van der Waals surface area contributed by atoms with E-state index >= 15 is 0 Å². The van der Waals surface area contributed by atoms with Crippen LogP contribution in [0.5, 0.6) is 0 Å². The Labute approximate surface area is 71.6 Å². The average Bonchev–Trinajstić information content (AvgIpc) is 2.08. The van der Waals surface area contributed by atoms with Gasteiger partial charge in [-0.05, 0) is 32.2 Å². The minimum Gasteiger partial charge on any atom is -0.314 e. The minimum atomic E-state index is 0.767. The van der Waals surface area contributed by atoms with E-state index < -0.39 is 0 Å². The van der Waals surface area contributed by atoms with Crippen LogP contribution in [-0.4, -0.2) is 12.6 Å². The van der Waals surface area contributed by atoms with Crippen molar-refractivity contribution in [1.29, 1.82) is 0 Å². The van der Waals surface area contributed by atoms with Gasteiger partial charge in [0.2, 0.25) is 0 Å². The summed E-state index contributed by atoms with van der Waals surface area (Å²) in [4.78, 5) is 0. The van der Waals surface area contributed by atoms with Gasteiger partial charge >= 0.3 is 0 Å². The van der Waals surface area contributed by atoms with E-state index in [1.54, 1.807) is 0 Å². The smallest absolute Gasteiger partial charge is 0.00413 e. The summed E-state index contributed by atoms with van der Waals surface area (Å²) in [5, 5.41) is 3.45. The highest BCUT2D eigenvalue weighted by Crippen LogP contribution is 2.18. The maximum Gasteiger partial charge on any atom is 0.00413 e. The first-order valence-corrected chi connectivity index (χ1v) is 5.06. The third-order valence-corrected chi connectivity index (χ3v) is 2.31. The van der Waals surface area contributed by atoms with E-state index in [0.29, 0.717) is 0 Å². The zero-order valence-electron chi connectivity index (χ0n) is 8.48. The standard InChI is InChI=1S/C8H17N.C2H6/c1-3-8-4-5-9-7(2)6-8;1-2/h7-9H,3-6H2,1-2H3;1-2H3/t7-,8-;/m1./s1. The van der Waals surface area contributed by atoms with Gasteiger partial charge in [0, 0.05) is 6.04 Å². The second kappa shape index (κ2) is 6.66. The molecule has 0 amide bonds. The molecule has 0 unspecified atom stereocenters. The monoisotopic (exact) mass is 157 g/mol. The highest BCUT2D eigenvalue weighted by Gasteiger charge is 2.15. The minimum absolute atomic E-state index is 0.767. The Kier molecular flexibility index (Phi) is 6.63. The molecule has 0 aromatic carbocycles. The zero-order valence-corrected chi connectivity index (χ0v) is 8.48. The number of nitrogens with one attached hydrogen (secondary N) is 1. The van der Waals surface area contributed by atoms with E-state index in [1.807, 2.05) is 13.8 Å². The predicted octanol–water partition coefficient (Wildman–Crippen LogP) is 2.81. The summed E-state index contributed by atoms with van der Waals surface area (Å²) in [6, 6.07) is 0.767.